The van der Waals surface area contributed by atoms with Gasteiger partial charge < -0.3 is 16.2 Å². The van der Waals surface area contributed by atoms with Gasteiger partial charge in [0, 0.05) is 13.6 Å². The Hall–Kier alpha value is -1.23. The number of aliphatic hydroxyl groups is 1. The van der Waals surface area contributed by atoms with Crippen LogP contribution in [0.4, 0.5) is 11.5 Å². The summed E-state index contributed by atoms with van der Waals surface area (Å²) in [4.78, 5) is 0. The zero-order valence-corrected chi connectivity index (χ0v) is 11.5. The minimum atomic E-state index is -0.119. The summed E-state index contributed by atoms with van der Waals surface area (Å²) >= 11 is 0. The Morgan fingerprint density at radius 2 is 2.22 bits per heavy atom. The SMILES string of the molecule is CC(C)c1nn(C)c(NCC2CCC(O)C2)c1N. The Labute approximate surface area is 108 Å². The number of nitrogens with two attached hydrogens (primary N) is 1. The van der Waals surface area contributed by atoms with E-state index in [0.29, 0.717) is 11.8 Å². The first-order valence-corrected chi connectivity index (χ1v) is 6.73. The van der Waals surface area contributed by atoms with E-state index >= 15 is 0 Å². The third-order valence-electron chi connectivity index (χ3n) is 3.73. The minimum absolute atomic E-state index is 0.119. The summed E-state index contributed by atoms with van der Waals surface area (Å²) in [6.07, 6.45) is 2.78. The van der Waals surface area contributed by atoms with Crippen LogP contribution < -0.4 is 11.1 Å². The highest BCUT2D eigenvalue weighted by Gasteiger charge is 2.23. The molecule has 1 saturated carbocycles. The molecular weight excluding hydrogens is 228 g/mol. The van der Waals surface area contributed by atoms with E-state index in [1.807, 2.05) is 11.7 Å². The van der Waals surface area contributed by atoms with Crippen molar-refractivity contribution >= 4 is 11.5 Å². The Kier molecular flexibility index (Phi) is 3.80. The van der Waals surface area contributed by atoms with Crippen molar-refractivity contribution in [3.63, 3.8) is 0 Å². The number of aromatic nitrogens is 2. The molecular formula is C13H24N4O. The second-order valence-corrected chi connectivity index (χ2v) is 5.64. The van der Waals surface area contributed by atoms with Crippen LogP contribution in [0.1, 0.15) is 44.7 Å². The first-order valence-electron chi connectivity index (χ1n) is 6.73. The second kappa shape index (κ2) is 5.18. The number of rotatable bonds is 4. The number of aliphatic hydroxyl groups excluding tert-OH is 1. The largest absolute Gasteiger partial charge is 0.394 e. The third-order valence-corrected chi connectivity index (χ3v) is 3.73. The molecule has 5 nitrogen and oxygen atoms in total. The van der Waals surface area contributed by atoms with Crippen LogP contribution in [0.25, 0.3) is 0 Å². The van der Waals surface area contributed by atoms with Crippen molar-refractivity contribution in [1.82, 2.24) is 9.78 Å². The summed E-state index contributed by atoms with van der Waals surface area (Å²) in [5.41, 5.74) is 7.83. The van der Waals surface area contributed by atoms with Gasteiger partial charge in [-0.2, -0.15) is 5.10 Å². The zero-order valence-electron chi connectivity index (χ0n) is 11.5. The van der Waals surface area contributed by atoms with Gasteiger partial charge in [0.25, 0.3) is 0 Å². The molecule has 0 spiro atoms. The summed E-state index contributed by atoms with van der Waals surface area (Å²) < 4.78 is 1.82. The molecule has 0 bridgehead atoms. The van der Waals surface area contributed by atoms with Gasteiger partial charge in [-0.25, -0.2) is 0 Å². The molecule has 2 unspecified atom stereocenters. The number of nitrogen functional groups attached to an aromatic ring is 1. The number of hydrogen-bond donors (Lipinski definition) is 3. The lowest BCUT2D eigenvalue weighted by molar-refractivity contribution is 0.178. The average Bonchev–Trinajstić information content (AvgIpc) is 2.82. The lowest BCUT2D eigenvalue weighted by Gasteiger charge is -2.12. The highest BCUT2D eigenvalue weighted by atomic mass is 16.3. The molecule has 1 aromatic heterocycles. The first-order chi connectivity index (χ1) is 8.49. The summed E-state index contributed by atoms with van der Waals surface area (Å²) in [7, 11) is 1.91. The highest BCUT2D eigenvalue weighted by Crippen LogP contribution is 2.30. The average molecular weight is 252 g/mol. The summed E-state index contributed by atoms with van der Waals surface area (Å²) in [5.74, 6) is 1.77. The monoisotopic (exact) mass is 252 g/mol. The minimum Gasteiger partial charge on any atom is -0.394 e. The van der Waals surface area contributed by atoms with Gasteiger partial charge in [0.05, 0.1) is 17.5 Å². The summed E-state index contributed by atoms with van der Waals surface area (Å²) in [6.45, 7) is 5.05. The maximum absolute atomic E-state index is 9.51. The van der Waals surface area contributed by atoms with E-state index in [0.717, 1.165) is 43.0 Å². The molecule has 1 aromatic rings. The van der Waals surface area contributed by atoms with E-state index in [1.165, 1.54) is 0 Å². The Morgan fingerprint density at radius 3 is 2.72 bits per heavy atom. The molecule has 1 fully saturated rings. The van der Waals surface area contributed by atoms with Crippen LogP contribution in [0.15, 0.2) is 0 Å². The van der Waals surface area contributed by atoms with Crippen LogP contribution in [0, 0.1) is 5.92 Å². The van der Waals surface area contributed by atoms with Crippen molar-refractivity contribution in [2.75, 3.05) is 17.6 Å². The molecule has 0 saturated heterocycles. The predicted molar refractivity (Wildman–Crippen MR) is 73.5 cm³/mol. The molecule has 2 rings (SSSR count). The van der Waals surface area contributed by atoms with Crippen molar-refractivity contribution in [2.24, 2.45) is 13.0 Å². The third kappa shape index (κ3) is 2.61. The standard InChI is InChI=1S/C13H24N4O/c1-8(2)12-11(14)13(17(3)16-12)15-7-9-4-5-10(18)6-9/h8-10,15,18H,4-7,14H2,1-3H3. The molecule has 0 aromatic carbocycles. The lowest BCUT2D eigenvalue weighted by Crippen LogP contribution is -2.15. The van der Waals surface area contributed by atoms with Gasteiger partial charge in [-0.3, -0.25) is 4.68 Å². The number of aryl methyl sites for hydroxylation is 1. The van der Waals surface area contributed by atoms with Crippen LogP contribution >= 0.6 is 0 Å². The maximum Gasteiger partial charge on any atom is 0.147 e. The van der Waals surface area contributed by atoms with E-state index in [1.54, 1.807) is 0 Å². The van der Waals surface area contributed by atoms with Gasteiger partial charge in [-0.15, -0.1) is 0 Å². The molecule has 0 amide bonds. The van der Waals surface area contributed by atoms with Crippen molar-refractivity contribution in [3.8, 4) is 0 Å². The Morgan fingerprint density at radius 1 is 1.50 bits per heavy atom. The van der Waals surface area contributed by atoms with Crippen molar-refractivity contribution in [3.05, 3.63) is 5.69 Å². The van der Waals surface area contributed by atoms with Crippen LogP contribution in [-0.2, 0) is 7.05 Å². The lowest BCUT2D eigenvalue weighted by atomic mass is 10.1. The van der Waals surface area contributed by atoms with Crippen molar-refractivity contribution < 1.29 is 5.11 Å². The topological polar surface area (TPSA) is 76.1 Å². The van der Waals surface area contributed by atoms with Gasteiger partial charge in [0.2, 0.25) is 0 Å². The van der Waals surface area contributed by atoms with Gasteiger partial charge in [-0.1, -0.05) is 13.8 Å². The second-order valence-electron chi connectivity index (χ2n) is 5.64. The van der Waals surface area contributed by atoms with Crippen molar-refractivity contribution in [2.45, 2.75) is 45.1 Å². The fraction of sp³-hybridized carbons (Fsp3) is 0.769. The zero-order chi connectivity index (χ0) is 13.3. The quantitative estimate of drug-likeness (QED) is 0.762. The molecule has 4 N–H and O–H groups in total. The van der Waals surface area contributed by atoms with E-state index < -0.39 is 0 Å². The Bertz CT molecular complexity index is 413. The highest BCUT2D eigenvalue weighted by molar-refractivity contribution is 5.65. The molecule has 2 atom stereocenters. The summed E-state index contributed by atoms with van der Waals surface area (Å²) in [5, 5.41) is 17.3. The van der Waals surface area contributed by atoms with Crippen molar-refractivity contribution in [1.29, 1.82) is 0 Å². The van der Waals surface area contributed by atoms with Gasteiger partial charge >= 0.3 is 0 Å². The molecule has 0 aliphatic heterocycles. The maximum atomic E-state index is 9.51. The smallest absolute Gasteiger partial charge is 0.147 e. The molecule has 0 radical (unpaired) electrons. The number of anilines is 2. The van der Waals surface area contributed by atoms with Crippen LogP contribution in [0.2, 0.25) is 0 Å². The van der Waals surface area contributed by atoms with E-state index in [2.05, 4.69) is 24.3 Å². The van der Waals surface area contributed by atoms with Crippen LogP contribution in [-0.4, -0.2) is 27.5 Å². The van der Waals surface area contributed by atoms with Gasteiger partial charge in [-0.05, 0) is 31.1 Å². The molecule has 18 heavy (non-hydrogen) atoms. The molecule has 5 heteroatoms. The van der Waals surface area contributed by atoms with E-state index in [-0.39, 0.29) is 6.10 Å². The molecule has 1 aliphatic rings. The number of nitrogens with zero attached hydrogens (tertiary/aromatic N) is 2. The normalized spacial score (nSPS) is 23.8. The molecule has 1 aliphatic carbocycles. The van der Waals surface area contributed by atoms with E-state index in [9.17, 15) is 5.11 Å². The first kappa shape index (κ1) is 13.2. The fourth-order valence-corrected chi connectivity index (χ4v) is 2.67. The predicted octanol–water partition coefficient (Wildman–Crippen LogP) is 1.70. The van der Waals surface area contributed by atoms with E-state index in [4.69, 9.17) is 5.73 Å². The summed E-state index contributed by atoms with van der Waals surface area (Å²) in [6, 6.07) is 0. The van der Waals surface area contributed by atoms with Gasteiger partial charge in [0.15, 0.2) is 0 Å². The Balaban J connectivity index is 2.01. The number of nitrogens with one attached hydrogen (secondary N) is 1. The van der Waals surface area contributed by atoms with Crippen LogP contribution in [0.5, 0.6) is 0 Å². The van der Waals surface area contributed by atoms with Gasteiger partial charge in [0.1, 0.15) is 5.82 Å². The van der Waals surface area contributed by atoms with Crippen LogP contribution in [0.3, 0.4) is 0 Å². The fourth-order valence-electron chi connectivity index (χ4n) is 2.67. The molecule has 1 heterocycles. The number of hydrogen-bond acceptors (Lipinski definition) is 4. The molecule has 102 valence electrons.